The summed E-state index contributed by atoms with van der Waals surface area (Å²) >= 11 is 0. The van der Waals surface area contributed by atoms with Gasteiger partial charge in [0.15, 0.2) is 0 Å². The lowest BCUT2D eigenvalue weighted by atomic mass is 10.3. The van der Waals surface area contributed by atoms with Crippen molar-refractivity contribution in [3.8, 4) is 0 Å². The minimum atomic E-state index is 0.729. The molecule has 0 aliphatic carbocycles. The molecule has 0 radical (unpaired) electrons. The molecule has 0 atom stereocenters. The van der Waals surface area contributed by atoms with Crippen molar-refractivity contribution in [2.24, 2.45) is 0 Å². The highest BCUT2D eigenvalue weighted by Crippen LogP contribution is 2.07. The molecule has 0 aromatic carbocycles. The van der Waals surface area contributed by atoms with Crippen LogP contribution in [0.2, 0.25) is 0 Å². The van der Waals surface area contributed by atoms with E-state index in [1.165, 1.54) is 5.56 Å². The highest BCUT2D eigenvalue weighted by atomic mass is 16.5. The molecular formula is C10H16N2O. The first-order chi connectivity index (χ1) is 6.34. The van der Waals surface area contributed by atoms with Crippen molar-refractivity contribution in [3.63, 3.8) is 0 Å². The van der Waals surface area contributed by atoms with E-state index < -0.39 is 0 Å². The molecule has 1 N–H and O–H groups in total. The summed E-state index contributed by atoms with van der Waals surface area (Å²) in [7, 11) is 0. The van der Waals surface area contributed by atoms with E-state index in [9.17, 15) is 0 Å². The molecule has 0 bridgehead atoms. The van der Waals surface area contributed by atoms with E-state index in [2.05, 4.69) is 10.3 Å². The van der Waals surface area contributed by atoms with Crippen LogP contribution in [0.4, 0.5) is 5.82 Å². The lowest BCUT2D eigenvalue weighted by Gasteiger charge is -2.07. The average Bonchev–Trinajstić information content (AvgIpc) is 2.15. The lowest BCUT2D eigenvalue weighted by molar-refractivity contribution is 0.158. The van der Waals surface area contributed by atoms with E-state index in [4.69, 9.17) is 4.74 Å². The number of anilines is 1. The molecule has 0 saturated heterocycles. The zero-order chi connectivity index (χ0) is 9.52. The molecule has 3 nitrogen and oxygen atoms in total. The molecule has 0 spiro atoms. The lowest BCUT2D eigenvalue weighted by Crippen LogP contribution is -2.10. The Bertz CT molecular complexity index is 250. The minimum Gasteiger partial charge on any atom is -0.380 e. The van der Waals surface area contributed by atoms with E-state index >= 15 is 0 Å². The van der Waals surface area contributed by atoms with Crippen LogP contribution in [0, 0.1) is 6.92 Å². The second-order valence-electron chi connectivity index (χ2n) is 2.79. The number of hydrogen-bond acceptors (Lipinski definition) is 3. The molecule has 0 aliphatic rings. The van der Waals surface area contributed by atoms with Gasteiger partial charge in [-0.2, -0.15) is 0 Å². The second kappa shape index (κ2) is 5.54. The molecule has 0 amide bonds. The van der Waals surface area contributed by atoms with Gasteiger partial charge < -0.3 is 10.1 Å². The van der Waals surface area contributed by atoms with Gasteiger partial charge in [0.1, 0.15) is 5.82 Å². The van der Waals surface area contributed by atoms with Crippen LogP contribution in [0.15, 0.2) is 18.3 Å². The zero-order valence-electron chi connectivity index (χ0n) is 8.21. The van der Waals surface area contributed by atoms with E-state index in [-0.39, 0.29) is 0 Å². The summed E-state index contributed by atoms with van der Waals surface area (Å²) in [4.78, 5) is 4.21. The Hall–Kier alpha value is -1.09. The van der Waals surface area contributed by atoms with Gasteiger partial charge >= 0.3 is 0 Å². The maximum Gasteiger partial charge on any atom is 0.128 e. The molecule has 3 heteroatoms. The van der Waals surface area contributed by atoms with Crippen LogP contribution in [0.3, 0.4) is 0 Å². The average molecular weight is 180 g/mol. The number of rotatable bonds is 5. The van der Waals surface area contributed by atoms with Gasteiger partial charge in [0.25, 0.3) is 0 Å². The molecular weight excluding hydrogens is 164 g/mol. The predicted molar refractivity (Wildman–Crippen MR) is 54.0 cm³/mol. The van der Waals surface area contributed by atoms with Gasteiger partial charge in [-0.1, -0.05) is 6.07 Å². The van der Waals surface area contributed by atoms with Crippen LogP contribution in [-0.4, -0.2) is 24.7 Å². The molecule has 1 rings (SSSR count). The molecule has 1 aromatic heterocycles. The number of aromatic nitrogens is 1. The third-order valence-electron chi connectivity index (χ3n) is 1.75. The van der Waals surface area contributed by atoms with Crippen molar-refractivity contribution in [1.29, 1.82) is 0 Å². The summed E-state index contributed by atoms with van der Waals surface area (Å²) in [5.41, 5.74) is 1.17. The molecule has 0 fully saturated rings. The number of aryl methyl sites for hydroxylation is 1. The van der Waals surface area contributed by atoms with Crippen LogP contribution in [0.25, 0.3) is 0 Å². The van der Waals surface area contributed by atoms with Crippen LogP contribution in [0.1, 0.15) is 12.5 Å². The number of hydrogen-bond donors (Lipinski definition) is 1. The summed E-state index contributed by atoms with van der Waals surface area (Å²) in [6.45, 7) is 6.34. The Labute approximate surface area is 79.1 Å². The first-order valence-electron chi connectivity index (χ1n) is 4.58. The zero-order valence-corrected chi connectivity index (χ0v) is 8.21. The largest absolute Gasteiger partial charge is 0.380 e. The SMILES string of the molecule is CCOCCNc1ncccc1C. The summed E-state index contributed by atoms with van der Waals surface area (Å²) < 4.78 is 5.20. The quantitative estimate of drug-likeness (QED) is 0.702. The first kappa shape index (κ1) is 9.99. The number of pyridine rings is 1. The van der Waals surface area contributed by atoms with Gasteiger partial charge in [0, 0.05) is 19.3 Å². The monoisotopic (exact) mass is 180 g/mol. The van der Waals surface area contributed by atoms with Crippen molar-refractivity contribution in [3.05, 3.63) is 23.9 Å². The molecule has 0 saturated carbocycles. The van der Waals surface area contributed by atoms with E-state index in [0.29, 0.717) is 0 Å². The van der Waals surface area contributed by atoms with Crippen molar-refractivity contribution < 1.29 is 4.74 Å². The minimum absolute atomic E-state index is 0.729. The summed E-state index contributed by atoms with van der Waals surface area (Å²) in [6.07, 6.45) is 1.79. The summed E-state index contributed by atoms with van der Waals surface area (Å²) in [5, 5.41) is 3.21. The fourth-order valence-electron chi connectivity index (χ4n) is 1.06. The highest BCUT2D eigenvalue weighted by Gasteiger charge is 1.95. The van der Waals surface area contributed by atoms with Crippen molar-refractivity contribution in [2.75, 3.05) is 25.1 Å². The third-order valence-corrected chi connectivity index (χ3v) is 1.75. The van der Waals surface area contributed by atoms with E-state index in [1.807, 2.05) is 26.0 Å². The van der Waals surface area contributed by atoms with Gasteiger partial charge in [-0.05, 0) is 25.5 Å². The molecule has 13 heavy (non-hydrogen) atoms. The Morgan fingerprint density at radius 1 is 1.54 bits per heavy atom. The van der Waals surface area contributed by atoms with E-state index in [0.717, 1.165) is 25.6 Å². The molecule has 1 heterocycles. The Kier molecular flexibility index (Phi) is 4.26. The maximum absolute atomic E-state index is 5.20. The maximum atomic E-state index is 5.20. The topological polar surface area (TPSA) is 34.1 Å². The van der Waals surface area contributed by atoms with Gasteiger partial charge in [-0.3, -0.25) is 0 Å². The molecule has 1 aromatic rings. The Morgan fingerprint density at radius 3 is 3.08 bits per heavy atom. The summed E-state index contributed by atoms with van der Waals surface area (Å²) in [5.74, 6) is 0.946. The number of ether oxygens (including phenoxy) is 1. The third kappa shape index (κ3) is 3.42. The van der Waals surface area contributed by atoms with Gasteiger partial charge in [-0.15, -0.1) is 0 Å². The van der Waals surface area contributed by atoms with Crippen LogP contribution < -0.4 is 5.32 Å². The first-order valence-corrected chi connectivity index (χ1v) is 4.58. The smallest absolute Gasteiger partial charge is 0.128 e. The molecule has 0 unspecified atom stereocenters. The Morgan fingerprint density at radius 2 is 2.38 bits per heavy atom. The molecule has 72 valence electrons. The van der Waals surface area contributed by atoms with Crippen molar-refractivity contribution in [2.45, 2.75) is 13.8 Å². The fourth-order valence-corrected chi connectivity index (χ4v) is 1.06. The number of nitrogens with zero attached hydrogens (tertiary/aromatic N) is 1. The fraction of sp³-hybridized carbons (Fsp3) is 0.500. The van der Waals surface area contributed by atoms with E-state index in [1.54, 1.807) is 6.20 Å². The second-order valence-corrected chi connectivity index (χ2v) is 2.79. The van der Waals surface area contributed by atoms with Gasteiger partial charge in [0.2, 0.25) is 0 Å². The van der Waals surface area contributed by atoms with Crippen LogP contribution >= 0.6 is 0 Å². The van der Waals surface area contributed by atoms with Crippen molar-refractivity contribution in [1.82, 2.24) is 4.98 Å². The molecule has 0 aliphatic heterocycles. The number of nitrogens with one attached hydrogen (secondary N) is 1. The summed E-state index contributed by atoms with van der Waals surface area (Å²) in [6, 6.07) is 3.97. The van der Waals surface area contributed by atoms with Gasteiger partial charge in [0.05, 0.1) is 6.61 Å². The standard InChI is InChI=1S/C10H16N2O/c1-3-13-8-7-12-10-9(2)5-4-6-11-10/h4-6H,3,7-8H2,1-2H3,(H,11,12). The highest BCUT2D eigenvalue weighted by molar-refractivity contribution is 5.42. The Balaban J connectivity index is 2.32. The van der Waals surface area contributed by atoms with Crippen molar-refractivity contribution >= 4 is 5.82 Å². The van der Waals surface area contributed by atoms with Crippen LogP contribution in [0.5, 0.6) is 0 Å². The predicted octanol–water partition coefficient (Wildman–Crippen LogP) is 1.84. The normalized spacial score (nSPS) is 10.0. The van der Waals surface area contributed by atoms with Gasteiger partial charge in [-0.25, -0.2) is 4.98 Å². The van der Waals surface area contributed by atoms with Crippen LogP contribution in [-0.2, 0) is 4.74 Å².